The molecule has 1 N–H and O–H groups in total. The van der Waals surface area contributed by atoms with Crippen LogP contribution in [0.25, 0.3) is 0 Å². The Morgan fingerprint density at radius 1 is 1.24 bits per heavy atom. The maximum Gasteiger partial charge on any atom is 0.417 e. The van der Waals surface area contributed by atoms with E-state index in [9.17, 15) is 18.3 Å². The van der Waals surface area contributed by atoms with Crippen molar-refractivity contribution in [3.63, 3.8) is 0 Å². The van der Waals surface area contributed by atoms with Crippen LogP contribution in [0.4, 0.5) is 13.2 Å². The van der Waals surface area contributed by atoms with Crippen molar-refractivity contribution in [3.8, 4) is 0 Å². The fourth-order valence-corrected chi connectivity index (χ4v) is 3.73. The van der Waals surface area contributed by atoms with E-state index in [2.05, 4.69) is 0 Å². The molecule has 116 valence electrons. The molecule has 2 nitrogen and oxygen atoms in total. The van der Waals surface area contributed by atoms with Crippen LogP contribution in [0.15, 0.2) is 18.2 Å². The van der Waals surface area contributed by atoms with Gasteiger partial charge in [-0.2, -0.15) is 13.2 Å². The van der Waals surface area contributed by atoms with Crippen molar-refractivity contribution < 1.29 is 18.3 Å². The number of alkyl halides is 3. The molecule has 3 rings (SSSR count). The quantitative estimate of drug-likeness (QED) is 0.853. The second-order valence-corrected chi connectivity index (χ2v) is 6.33. The molecule has 0 radical (unpaired) electrons. The second-order valence-electron chi connectivity index (χ2n) is 5.93. The normalized spacial score (nSPS) is 25.9. The Balaban J connectivity index is 1.74. The molecular formula is C15H17ClF3NO. The first-order chi connectivity index (χ1) is 9.82. The standard InChI is InChI=1S/C15H17ClF3NO/c16-12-3-1-2-11-10(12)4-5-13(11)20-8-6-14(21,7-9-20)15(17,18)19/h1-3,13,21H,4-9H2. The van der Waals surface area contributed by atoms with Gasteiger partial charge in [-0.15, -0.1) is 0 Å². The van der Waals surface area contributed by atoms with Crippen LogP contribution in [0.5, 0.6) is 0 Å². The summed E-state index contributed by atoms with van der Waals surface area (Å²) < 4.78 is 38.5. The van der Waals surface area contributed by atoms with E-state index in [-0.39, 0.29) is 32.0 Å². The zero-order valence-corrected chi connectivity index (χ0v) is 12.2. The number of nitrogens with zero attached hydrogens (tertiary/aromatic N) is 1. The number of hydrogen-bond acceptors (Lipinski definition) is 2. The molecule has 0 spiro atoms. The van der Waals surface area contributed by atoms with Gasteiger partial charge in [0.1, 0.15) is 0 Å². The van der Waals surface area contributed by atoms with Gasteiger partial charge in [-0.1, -0.05) is 23.7 Å². The molecule has 1 fully saturated rings. The SMILES string of the molecule is OC1(C(F)(F)F)CCN(C2CCc3c(Cl)cccc32)CC1. The fourth-order valence-electron chi connectivity index (χ4n) is 3.46. The Morgan fingerprint density at radius 2 is 1.90 bits per heavy atom. The number of halogens is 4. The third kappa shape index (κ3) is 2.56. The van der Waals surface area contributed by atoms with E-state index in [1.54, 1.807) is 0 Å². The Labute approximate surface area is 126 Å². The molecule has 1 aliphatic carbocycles. The highest BCUT2D eigenvalue weighted by atomic mass is 35.5. The van der Waals surface area contributed by atoms with Gasteiger partial charge < -0.3 is 5.11 Å². The summed E-state index contributed by atoms with van der Waals surface area (Å²) in [4.78, 5) is 2.04. The number of aliphatic hydroxyl groups is 1. The summed E-state index contributed by atoms with van der Waals surface area (Å²) >= 11 is 6.17. The minimum atomic E-state index is -4.55. The van der Waals surface area contributed by atoms with E-state index in [0.29, 0.717) is 0 Å². The number of likely N-dealkylation sites (tertiary alicyclic amines) is 1. The minimum Gasteiger partial charge on any atom is -0.380 e. The topological polar surface area (TPSA) is 23.5 Å². The summed E-state index contributed by atoms with van der Waals surface area (Å²) in [6.07, 6.45) is -3.33. The predicted octanol–water partition coefficient (Wildman–Crippen LogP) is 3.72. The van der Waals surface area contributed by atoms with Gasteiger partial charge in [-0.05, 0) is 42.9 Å². The van der Waals surface area contributed by atoms with Crippen molar-refractivity contribution in [3.05, 3.63) is 34.3 Å². The lowest BCUT2D eigenvalue weighted by atomic mass is 9.89. The molecule has 2 aliphatic rings. The summed E-state index contributed by atoms with van der Waals surface area (Å²) in [6, 6.07) is 5.86. The van der Waals surface area contributed by atoms with Crippen LogP contribution in [0, 0.1) is 0 Å². The molecule has 1 aromatic rings. The molecular weight excluding hydrogens is 303 g/mol. The summed E-state index contributed by atoms with van der Waals surface area (Å²) in [5.74, 6) is 0. The third-order valence-electron chi connectivity index (χ3n) is 4.78. The Hall–Kier alpha value is -0.780. The molecule has 1 heterocycles. The number of piperidine rings is 1. The van der Waals surface area contributed by atoms with Gasteiger partial charge in [-0.25, -0.2) is 0 Å². The summed E-state index contributed by atoms with van der Waals surface area (Å²) in [7, 11) is 0. The molecule has 6 heteroatoms. The van der Waals surface area contributed by atoms with E-state index in [1.165, 1.54) is 0 Å². The van der Waals surface area contributed by atoms with Crippen LogP contribution in [-0.4, -0.2) is 34.9 Å². The van der Waals surface area contributed by atoms with Gasteiger partial charge >= 0.3 is 6.18 Å². The Bertz CT molecular complexity index is 538. The lowest BCUT2D eigenvalue weighted by Crippen LogP contribution is -2.53. The van der Waals surface area contributed by atoms with Crippen molar-refractivity contribution in [2.45, 2.75) is 43.5 Å². The largest absolute Gasteiger partial charge is 0.417 e. The van der Waals surface area contributed by atoms with Crippen LogP contribution in [0.3, 0.4) is 0 Å². The van der Waals surface area contributed by atoms with Crippen molar-refractivity contribution >= 4 is 11.6 Å². The summed E-state index contributed by atoms with van der Waals surface area (Å²) in [5, 5.41) is 10.5. The number of benzene rings is 1. The molecule has 1 saturated heterocycles. The lowest BCUT2D eigenvalue weighted by molar-refractivity contribution is -0.273. The van der Waals surface area contributed by atoms with E-state index in [4.69, 9.17) is 11.6 Å². The fraction of sp³-hybridized carbons (Fsp3) is 0.600. The monoisotopic (exact) mass is 319 g/mol. The molecule has 0 bridgehead atoms. The van der Waals surface area contributed by atoms with Gasteiger partial charge in [0, 0.05) is 24.2 Å². The lowest BCUT2D eigenvalue weighted by Gasteiger charge is -2.41. The smallest absolute Gasteiger partial charge is 0.380 e. The average molecular weight is 320 g/mol. The van der Waals surface area contributed by atoms with Crippen LogP contribution in [0.1, 0.15) is 36.4 Å². The van der Waals surface area contributed by atoms with Gasteiger partial charge in [0.2, 0.25) is 0 Å². The zero-order valence-electron chi connectivity index (χ0n) is 11.5. The maximum atomic E-state index is 12.8. The van der Waals surface area contributed by atoms with E-state index < -0.39 is 11.8 Å². The predicted molar refractivity (Wildman–Crippen MR) is 74.3 cm³/mol. The first-order valence-electron chi connectivity index (χ1n) is 7.12. The van der Waals surface area contributed by atoms with Crippen LogP contribution < -0.4 is 0 Å². The molecule has 0 amide bonds. The Morgan fingerprint density at radius 3 is 2.52 bits per heavy atom. The molecule has 0 aromatic heterocycles. The van der Waals surface area contributed by atoms with E-state index in [0.717, 1.165) is 29.0 Å². The van der Waals surface area contributed by atoms with Crippen LogP contribution in [0.2, 0.25) is 5.02 Å². The molecule has 0 saturated carbocycles. The van der Waals surface area contributed by atoms with Gasteiger partial charge in [0.05, 0.1) is 0 Å². The highest BCUT2D eigenvalue weighted by Gasteiger charge is 2.55. The highest BCUT2D eigenvalue weighted by molar-refractivity contribution is 6.31. The minimum absolute atomic E-state index is 0.122. The molecule has 1 aromatic carbocycles. The molecule has 21 heavy (non-hydrogen) atoms. The van der Waals surface area contributed by atoms with Gasteiger partial charge in [0.15, 0.2) is 5.60 Å². The van der Waals surface area contributed by atoms with Crippen LogP contribution >= 0.6 is 11.6 Å². The first kappa shape index (κ1) is 15.1. The highest BCUT2D eigenvalue weighted by Crippen LogP contribution is 2.44. The van der Waals surface area contributed by atoms with Crippen molar-refractivity contribution in [1.29, 1.82) is 0 Å². The van der Waals surface area contributed by atoms with E-state index >= 15 is 0 Å². The zero-order chi connectivity index (χ0) is 15.3. The third-order valence-corrected chi connectivity index (χ3v) is 5.13. The molecule has 1 atom stereocenters. The van der Waals surface area contributed by atoms with Crippen molar-refractivity contribution in [2.24, 2.45) is 0 Å². The molecule has 1 unspecified atom stereocenters. The van der Waals surface area contributed by atoms with Crippen molar-refractivity contribution in [1.82, 2.24) is 4.90 Å². The Kier molecular flexibility index (Phi) is 3.71. The van der Waals surface area contributed by atoms with Gasteiger partial charge in [-0.3, -0.25) is 4.90 Å². The van der Waals surface area contributed by atoms with Crippen LogP contribution in [-0.2, 0) is 6.42 Å². The van der Waals surface area contributed by atoms with Crippen molar-refractivity contribution in [2.75, 3.05) is 13.1 Å². The molecule has 1 aliphatic heterocycles. The summed E-state index contributed by atoms with van der Waals surface area (Å²) in [6.45, 7) is 0.513. The maximum absolute atomic E-state index is 12.8. The number of fused-ring (bicyclic) bond motifs is 1. The summed E-state index contributed by atoms with van der Waals surface area (Å²) in [5.41, 5.74) is -0.292. The first-order valence-corrected chi connectivity index (χ1v) is 7.50. The number of hydrogen-bond donors (Lipinski definition) is 1. The van der Waals surface area contributed by atoms with Gasteiger partial charge in [0.25, 0.3) is 0 Å². The van der Waals surface area contributed by atoms with E-state index in [1.807, 2.05) is 23.1 Å². The average Bonchev–Trinajstić information content (AvgIpc) is 2.84. The second kappa shape index (κ2) is 5.14. The number of rotatable bonds is 1.